The zero-order valence-corrected chi connectivity index (χ0v) is 6.13. The maximum Gasteiger partial charge on any atom is 0.162 e. The van der Waals surface area contributed by atoms with Crippen LogP contribution in [0, 0.1) is 5.92 Å². The second-order valence-electron chi connectivity index (χ2n) is 2.93. The Morgan fingerprint density at radius 1 is 1.70 bits per heavy atom. The molecule has 0 amide bonds. The Balaban J connectivity index is 2.61. The first-order valence-electron chi connectivity index (χ1n) is 3.60. The Hall–Kier alpha value is -0.790. The molecule has 1 rings (SSSR count). The van der Waals surface area contributed by atoms with Gasteiger partial charge in [-0.2, -0.15) is 0 Å². The van der Waals surface area contributed by atoms with Crippen LogP contribution in [0.15, 0.2) is 11.8 Å². The quantitative estimate of drug-likeness (QED) is 0.411. The first kappa shape index (κ1) is 7.32. The van der Waals surface area contributed by atoms with Crippen molar-refractivity contribution in [1.82, 2.24) is 0 Å². The number of allylic oxidation sites excluding steroid dienone is 1. The van der Waals surface area contributed by atoms with E-state index < -0.39 is 0 Å². The van der Waals surface area contributed by atoms with Gasteiger partial charge in [-0.1, -0.05) is 6.92 Å². The molecule has 1 saturated carbocycles. The van der Waals surface area contributed by atoms with Gasteiger partial charge in [0.1, 0.15) is 0 Å². The van der Waals surface area contributed by atoms with E-state index in [1.54, 1.807) is 0 Å². The maximum absolute atomic E-state index is 11.0. The lowest BCUT2D eigenvalue weighted by atomic mass is 9.87. The second kappa shape index (κ2) is 2.86. The Bertz CT molecular complexity index is 170. The molecule has 0 aromatic carbocycles. The minimum absolute atomic E-state index is 0.112. The topological polar surface area (TPSA) is 37.3 Å². The predicted molar refractivity (Wildman–Crippen MR) is 38.7 cm³/mol. The molecule has 1 fully saturated rings. The largest absolute Gasteiger partial charge is 0.515 e. The van der Waals surface area contributed by atoms with Crippen molar-refractivity contribution in [3.05, 3.63) is 11.8 Å². The fourth-order valence-corrected chi connectivity index (χ4v) is 1.23. The third kappa shape index (κ3) is 1.38. The summed E-state index contributed by atoms with van der Waals surface area (Å²) in [4.78, 5) is 11.0. The van der Waals surface area contributed by atoms with E-state index >= 15 is 0 Å². The monoisotopic (exact) mass is 140 g/mol. The molecular formula is C8H12O2. The number of ketones is 1. The van der Waals surface area contributed by atoms with Crippen LogP contribution in [-0.2, 0) is 4.79 Å². The van der Waals surface area contributed by atoms with Gasteiger partial charge in [-0.3, -0.25) is 4.79 Å². The van der Waals surface area contributed by atoms with E-state index in [0.29, 0.717) is 17.9 Å². The number of hydrogen-bond acceptors (Lipinski definition) is 2. The summed E-state index contributed by atoms with van der Waals surface area (Å²) in [5.74, 6) is 0.609. The van der Waals surface area contributed by atoms with Gasteiger partial charge in [0.2, 0.25) is 0 Å². The lowest BCUT2D eigenvalue weighted by molar-refractivity contribution is -0.117. The Labute approximate surface area is 60.6 Å². The average molecular weight is 140 g/mol. The molecule has 0 saturated heterocycles. The lowest BCUT2D eigenvalue weighted by Gasteiger charge is -2.17. The highest BCUT2D eigenvalue weighted by atomic mass is 16.2. The van der Waals surface area contributed by atoms with Gasteiger partial charge in [-0.25, -0.2) is 0 Å². The molecule has 0 aliphatic heterocycles. The van der Waals surface area contributed by atoms with Crippen LogP contribution in [0.1, 0.15) is 26.2 Å². The minimum atomic E-state index is 0.112. The minimum Gasteiger partial charge on any atom is -0.515 e. The molecule has 1 atom stereocenters. The third-order valence-corrected chi connectivity index (χ3v) is 1.95. The zero-order chi connectivity index (χ0) is 7.56. The molecule has 0 radical (unpaired) electrons. The number of carbonyl (C=O) groups is 1. The summed E-state index contributed by atoms with van der Waals surface area (Å²) >= 11 is 0. The average Bonchev–Trinajstić information content (AvgIpc) is 1.88. The van der Waals surface area contributed by atoms with Crippen LogP contribution in [0.3, 0.4) is 0 Å². The van der Waals surface area contributed by atoms with Gasteiger partial charge in [0.15, 0.2) is 5.78 Å². The van der Waals surface area contributed by atoms with E-state index in [2.05, 4.69) is 6.92 Å². The Morgan fingerprint density at radius 2 is 2.40 bits per heavy atom. The van der Waals surface area contributed by atoms with Crippen LogP contribution in [0.5, 0.6) is 0 Å². The molecule has 2 heteroatoms. The number of hydrogen-bond donors (Lipinski definition) is 1. The van der Waals surface area contributed by atoms with Crippen molar-refractivity contribution in [3.63, 3.8) is 0 Å². The molecule has 1 aliphatic carbocycles. The second-order valence-corrected chi connectivity index (χ2v) is 2.93. The molecule has 10 heavy (non-hydrogen) atoms. The van der Waals surface area contributed by atoms with Crippen molar-refractivity contribution >= 4 is 5.78 Å². The van der Waals surface area contributed by atoms with Gasteiger partial charge >= 0.3 is 0 Å². The van der Waals surface area contributed by atoms with Crippen molar-refractivity contribution < 1.29 is 9.90 Å². The fraction of sp³-hybridized carbons (Fsp3) is 0.625. The summed E-state index contributed by atoms with van der Waals surface area (Å²) < 4.78 is 0. The third-order valence-electron chi connectivity index (χ3n) is 1.95. The number of Topliss-reactive ketones (excluding diaryl/α,β-unsaturated/α-hetero) is 1. The standard InChI is InChI=1S/C8H12O2/c1-6-2-3-7(5-9)8(10)4-6/h5-6,9H,2-4H2,1H3/b7-5-/t6-/m1/s1. The van der Waals surface area contributed by atoms with E-state index in [0.717, 1.165) is 19.1 Å². The lowest BCUT2D eigenvalue weighted by Crippen LogP contribution is -2.15. The van der Waals surface area contributed by atoms with Crippen molar-refractivity contribution in [3.8, 4) is 0 Å². The number of aliphatic hydroxyl groups is 1. The van der Waals surface area contributed by atoms with Crippen molar-refractivity contribution in [2.45, 2.75) is 26.2 Å². The van der Waals surface area contributed by atoms with Gasteiger partial charge in [0, 0.05) is 12.0 Å². The summed E-state index contributed by atoms with van der Waals surface area (Å²) in [6, 6.07) is 0. The highest BCUT2D eigenvalue weighted by Gasteiger charge is 2.19. The smallest absolute Gasteiger partial charge is 0.162 e. The van der Waals surface area contributed by atoms with Crippen molar-refractivity contribution in [2.75, 3.05) is 0 Å². The normalized spacial score (nSPS) is 31.1. The molecule has 2 nitrogen and oxygen atoms in total. The fourth-order valence-electron chi connectivity index (χ4n) is 1.23. The van der Waals surface area contributed by atoms with Crippen LogP contribution in [0.4, 0.5) is 0 Å². The van der Waals surface area contributed by atoms with E-state index in [-0.39, 0.29) is 5.78 Å². The van der Waals surface area contributed by atoms with Gasteiger partial charge in [-0.15, -0.1) is 0 Å². The Morgan fingerprint density at radius 3 is 2.90 bits per heavy atom. The van der Waals surface area contributed by atoms with E-state index in [9.17, 15) is 4.79 Å². The molecule has 56 valence electrons. The van der Waals surface area contributed by atoms with E-state index in [4.69, 9.17) is 5.11 Å². The summed E-state index contributed by atoms with van der Waals surface area (Å²) in [5.41, 5.74) is 0.595. The molecule has 1 N–H and O–H groups in total. The first-order chi connectivity index (χ1) is 4.74. The van der Waals surface area contributed by atoms with Crippen LogP contribution < -0.4 is 0 Å². The van der Waals surface area contributed by atoms with Gasteiger partial charge in [0.05, 0.1) is 6.26 Å². The maximum atomic E-state index is 11.0. The van der Waals surface area contributed by atoms with Gasteiger partial charge in [0.25, 0.3) is 0 Å². The molecule has 0 spiro atoms. The molecular weight excluding hydrogens is 128 g/mol. The SMILES string of the molecule is C[C@@H]1CC/C(=C/O)C(=O)C1. The van der Waals surface area contributed by atoms with Crippen LogP contribution >= 0.6 is 0 Å². The summed E-state index contributed by atoms with van der Waals surface area (Å²) in [7, 11) is 0. The molecule has 0 aromatic heterocycles. The van der Waals surface area contributed by atoms with E-state index in [1.165, 1.54) is 0 Å². The van der Waals surface area contributed by atoms with Crippen molar-refractivity contribution in [2.24, 2.45) is 5.92 Å². The van der Waals surface area contributed by atoms with Crippen molar-refractivity contribution in [1.29, 1.82) is 0 Å². The number of rotatable bonds is 0. The molecule has 0 unspecified atom stereocenters. The molecule has 0 bridgehead atoms. The highest BCUT2D eigenvalue weighted by Crippen LogP contribution is 2.24. The van der Waals surface area contributed by atoms with Gasteiger partial charge < -0.3 is 5.11 Å². The van der Waals surface area contributed by atoms with E-state index in [1.807, 2.05) is 0 Å². The summed E-state index contributed by atoms with van der Waals surface area (Å²) in [5, 5.41) is 8.56. The summed E-state index contributed by atoms with van der Waals surface area (Å²) in [6.07, 6.45) is 3.33. The van der Waals surface area contributed by atoms with Gasteiger partial charge in [-0.05, 0) is 18.8 Å². The molecule has 0 heterocycles. The molecule has 0 aromatic rings. The summed E-state index contributed by atoms with van der Waals surface area (Å²) in [6.45, 7) is 2.06. The Kier molecular flexibility index (Phi) is 2.10. The predicted octanol–water partition coefficient (Wildman–Crippen LogP) is 1.82. The van der Waals surface area contributed by atoms with Crippen LogP contribution in [0.25, 0.3) is 0 Å². The van der Waals surface area contributed by atoms with Crippen LogP contribution in [-0.4, -0.2) is 10.9 Å². The number of aliphatic hydroxyl groups excluding tert-OH is 1. The molecule has 1 aliphatic rings. The zero-order valence-electron chi connectivity index (χ0n) is 6.13. The number of carbonyl (C=O) groups excluding carboxylic acids is 1. The first-order valence-corrected chi connectivity index (χ1v) is 3.60. The highest BCUT2D eigenvalue weighted by molar-refractivity contribution is 5.95. The van der Waals surface area contributed by atoms with Crippen LogP contribution in [0.2, 0.25) is 0 Å².